The van der Waals surface area contributed by atoms with Gasteiger partial charge in [0.05, 0.1) is 25.9 Å². The molecule has 2 rings (SSSR count). The minimum atomic E-state index is -0.0739. The number of amides is 2. The summed E-state index contributed by atoms with van der Waals surface area (Å²) < 4.78 is 10.8. The molecule has 0 bridgehead atoms. The van der Waals surface area contributed by atoms with Gasteiger partial charge < -0.3 is 19.7 Å². The van der Waals surface area contributed by atoms with E-state index < -0.39 is 0 Å². The van der Waals surface area contributed by atoms with E-state index in [4.69, 9.17) is 9.47 Å². The van der Waals surface area contributed by atoms with Crippen LogP contribution in [0.25, 0.3) is 0 Å². The summed E-state index contributed by atoms with van der Waals surface area (Å²) in [4.78, 5) is 13.8. The third-order valence-corrected chi connectivity index (χ3v) is 3.06. The van der Waals surface area contributed by atoms with Crippen molar-refractivity contribution in [1.82, 2.24) is 4.90 Å². The molecule has 20 heavy (non-hydrogen) atoms. The molecule has 2 amide bonds. The summed E-state index contributed by atoms with van der Waals surface area (Å²) in [5.41, 5.74) is 1.85. The lowest BCUT2D eigenvalue weighted by atomic mass is 10.2. The molecular formula is C15H22N2O3. The van der Waals surface area contributed by atoms with Crippen molar-refractivity contribution < 1.29 is 14.3 Å². The fourth-order valence-corrected chi connectivity index (χ4v) is 1.97. The van der Waals surface area contributed by atoms with Gasteiger partial charge in [-0.2, -0.15) is 0 Å². The average molecular weight is 278 g/mol. The fraction of sp³-hybridized carbons (Fsp3) is 0.533. The molecule has 0 atom stereocenters. The second-order valence-electron chi connectivity index (χ2n) is 5.09. The number of rotatable bonds is 4. The van der Waals surface area contributed by atoms with Gasteiger partial charge >= 0.3 is 6.03 Å². The maximum Gasteiger partial charge on any atom is 0.321 e. The van der Waals surface area contributed by atoms with Crippen molar-refractivity contribution in [3.63, 3.8) is 0 Å². The van der Waals surface area contributed by atoms with Crippen molar-refractivity contribution >= 4 is 11.7 Å². The number of nitrogens with one attached hydrogen (secondary N) is 1. The first-order chi connectivity index (χ1) is 9.65. The Morgan fingerprint density at radius 2 is 2.15 bits per heavy atom. The van der Waals surface area contributed by atoms with E-state index in [1.54, 1.807) is 4.90 Å². The highest BCUT2D eigenvalue weighted by Crippen LogP contribution is 2.13. The molecule has 5 nitrogen and oxygen atoms in total. The number of nitrogens with zero attached hydrogens (tertiary/aromatic N) is 1. The van der Waals surface area contributed by atoms with Crippen molar-refractivity contribution in [2.24, 2.45) is 0 Å². The third kappa shape index (κ3) is 4.51. The van der Waals surface area contributed by atoms with Crippen LogP contribution >= 0.6 is 0 Å². The number of anilines is 1. The molecule has 0 spiro atoms. The van der Waals surface area contributed by atoms with E-state index >= 15 is 0 Å². The maximum atomic E-state index is 12.1. The molecule has 1 aromatic rings. The summed E-state index contributed by atoms with van der Waals surface area (Å²) in [6.45, 7) is 7.06. The number of hydrogen-bond donors (Lipinski definition) is 1. The molecule has 1 aliphatic rings. The maximum absolute atomic E-state index is 12.1. The van der Waals surface area contributed by atoms with Crippen molar-refractivity contribution in [2.75, 3.05) is 31.6 Å². The van der Waals surface area contributed by atoms with Crippen LogP contribution in [0.3, 0.4) is 0 Å². The molecule has 0 saturated carbocycles. The van der Waals surface area contributed by atoms with E-state index in [9.17, 15) is 4.79 Å². The van der Waals surface area contributed by atoms with Crippen LogP contribution in [0.5, 0.6) is 0 Å². The van der Waals surface area contributed by atoms with Crippen LogP contribution in [-0.2, 0) is 16.1 Å². The lowest BCUT2D eigenvalue weighted by Gasteiger charge is -2.27. The molecule has 1 fully saturated rings. The number of morpholine rings is 1. The molecule has 110 valence electrons. The number of carbonyl (C=O) groups is 1. The molecule has 1 heterocycles. The summed E-state index contributed by atoms with van der Waals surface area (Å²) in [5.74, 6) is 0. The second kappa shape index (κ2) is 7.26. The SMILES string of the molecule is CC(C)OCc1cccc(NC(=O)N2CCOCC2)c1. The van der Waals surface area contributed by atoms with Crippen LogP contribution in [0.2, 0.25) is 0 Å². The third-order valence-electron chi connectivity index (χ3n) is 3.06. The van der Waals surface area contributed by atoms with E-state index in [1.165, 1.54) is 0 Å². The van der Waals surface area contributed by atoms with Gasteiger partial charge in [0.15, 0.2) is 0 Å². The van der Waals surface area contributed by atoms with Gasteiger partial charge in [-0.1, -0.05) is 12.1 Å². The summed E-state index contributed by atoms with van der Waals surface area (Å²) in [6.07, 6.45) is 0.196. The Bertz CT molecular complexity index is 442. The predicted octanol–water partition coefficient (Wildman–Crippen LogP) is 2.48. The first-order valence-electron chi connectivity index (χ1n) is 6.99. The smallest absolute Gasteiger partial charge is 0.321 e. The van der Waals surface area contributed by atoms with Crippen LogP contribution in [0.1, 0.15) is 19.4 Å². The van der Waals surface area contributed by atoms with Crippen LogP contribution in [0.4, 0.5) is 10.5 Å². The van der Waals surface area contributed by atoms with Crippen LogP contribution in [0, 0.1) is 0 Å². The van der Waals surface area contributed by atoms with Gasteiger partial charge in [0.25, 0.3) is 0 Å². The lowest BCUT2D eigenvalue weighted by molar-refractivity contribution is 0.0564. The number of hydrogen-bond acceptors (Lipinski definition) is 3. The Kier molecular flexibility index (Phi) is 5.38. The molecule has 1 N–H and O–H groups in total. The monoisotopic (exact) mass is 278 g/mol. The van der Waals surface area contributed by atoms with Gasteiger partial charge in [0.1, 0.15) is 0 Å². The highest BCUT2D eigenvalue weighted by molar-refractivity contribution is 5.89. The molecular weight excluding hydrogens is 256 g/mol. The number of benzene rings is 1. The first kappa shape index (κ1) is 14.8. The van der Waals surface area contributed by atoms with E-state index in [-0.39, 0.29) is 12.1 Å². The standard InChI is InChI=1S/C15H22N2O3/c1-12(2)20-11-13-4-3-5-14(10-13)16-15(18)17-6-8-19-9-7-17/h3-5,10,12H,6-9,11H2,1-2H3,(H,16,18). The predicted molar refractivity (Wildman–Crippen MR) is 77.8 cm³/mol. The van der Waals surface area contributed by atoms with Gasteiger partial charge in [0.2, 0.25) is 0 Å². The number of ether oxygens (including phenoxy) is 2. The molecule has 1 aromatic carbocycles. The van der Waals surface area contributed by atoms with E-state index in [0.717, 1.165) is 11.3 Å². The Morgan fingerprint density at radius 3 is 2.85 bits per heavy atom. The normalized spacial score (nSPS) is 15.4. The van der Waals surface area contributed by atoms with Gasteiger partial charge in [-0.15, -0.1) is 0 Å². The Labute approximate surface area is 119 Å². The molecule has 1 aliphatic heterocycles. The zero-order valence-corrected chi connectivity index (χ0v) is 12.1. The fourth-order valence-electron chi connectivity index (χ4n) is 1.97. The lowest BCUT2D eigenvalue weighted by Crippen LogP contribution is -2.43. The van der Waals surface area contributed by atoms with Crippen molar-refractivity contribution in [3.8, 4) is 0 Å². The van der Waals surface area contributed by atoms with E-state index in [0.29, 0.717) is 32.9 Å². The van der Waals surface area contributed by atoms with Gasteiger partial charge in [-0.05, 0) is 31.5 Å². The largest absolute Gasteiger partial charge is 0.378 e. The van der Waals surface area contributed by atoms with E-state index in [2.05, 4.69) is 5.32 Å². The highest BCUT2D eigenvalue weighted by Gasteiger charge is 2.16. The Balaban J connectivity index is 1.91. The quantitative estimate of drug-likeness (QED) is 0.920. The number of carbonyl (C=O) groups excluding carboxylic acids is 1. The van der Waals surface area contributed by atoms with Crippen LogP contribution in [0.15, 0.2) is 24.3 Å². The molecule has 1 saturated heterocycles. The number of urea groups is 1. The van der Waals surface area contributed by atoms with Crippen LogP contribution in [-0.4, -0.2) is 43.3 Å². The van der Waals surface area contributed by atoms with Crippen molar-refractivity contribution in [3.05, 3.63) is 29.8 Å². The molecule has 0 aromatic heterocycles. The Morgan fingerprint density at radius 1 is 1.40 bits per heavy atom. The molecule has 0 unspecified atom stereocenters. The van der Waals surface area contributed by atoms with Crippen LogP contribution < -0.4 is 5.32 Å². The summed E-state index contributed by atoms with van der Waals surface area (Å²) in [5, 5.41) is 2.92. The van der Waals surface area contributed by atoms with Gasteiger partial charge in [-0.3, -0.25) is 0 Å². The summed E-state index contributed by atoms with van der Waals surface area (Å²) >= 11 is 0. The van der Waals surface area contributed by atoms with Crippen molar-refractivity contribution in [2.45, 2.75) is 26.6 Å². The molecule has 5 heteroatoms. The molecule has 0 radical (unpaired) electrons. The van der Waals surface area contributed by atoms with Gasteiger partial charge in [0, 0.05) is 18.8 Å². The van der Waals surface area contributed by atoms with Gasteiger partial charge in [-0.25, -0.2) is 4.79 Å². The van der Waals surface area contributed by atoms with Crippen molar-refractivity contribution in [1.29, 1.82) is 0 Å². The summed E-state index contributed by atoms with van der Waals surface area (Å²) in [6, 6.07) is 7.67. The zero-order chi connectivity index (χ0) is 14.4. The minimum absolute atomic E-state index is 0.0739. The Hall–Kier alpha value is -1.59. The zero-order valence-electron chi connectivity index (χ0n) is 12.1. The second-order valence-corrected chi connectivity index (χ2v) is 5.09. The highest BCUT2D eigenvalue weighted by atomic mass is 16.5. The summed E-state index contributed by atoms with van der Waals surface area (Å²) in [7, 11) is 0. The average Bonchev–Trinajstić information content (AvgIpc) is 2.46. The first-order valence-corrected chi connectivity index (χ1v) is 6.99. The molecule has 0 aliphatic carbocycles. The minimum Gasteiger partial charge on any atom is -0.378 e. The topological polar surface area (TPSA) is 50.8 Å². The van der Waals surface area contributed by atoms with E-state index in [1.807, 2.05) is 38.1 Å².